The molecule has 1 fully saturated rings. The number of amides is 1. The summed E-state index contributed by atoms with van der Waals surface area (Å²) in [6.07, 6.45) is 1.10. The van der Waals surface area contributed by atoms with Crippen LogP contribution in [-0.4, -0.2) is 31.7 Å². The summed E-state index contributed by atoms with van der Waals surface area (Å²) in [5.74, 6) is -0.177. The fourth-order valence-electron chi connectivity index (χ4n) is 3.04. The maximum Gasteiger partial charge on any atom is 0.227 e. The van der Waals surface area contributed by atoms with Crippen LogP contribution in [0.2, 0.25) is 0 Å². The number of benzene rings is 2. The van der Waals surface area contributed by atoms with E-state index in [4.69, 9.17) is 0 Å². The summed E-state index contributed by atoms with van der Waals surface area (Å²) in [5, 5.41) is 2.90. The molecular formula is C19H22N2O3S. The highest BCUT2D eigenvalue weighted by Gasteiger charge is 2.31. The third kappa shape index (κ3) is 4.67. The molecule has 6 heteroatoms. The van der Waals surface area contributed by atoms with Crippen molar-refractivity contribution in [2.45, 2.75) is 18.6 Å². The van der Waals surface area contributed by atoms with Crippen LogP contribution in [0.25, 0.3) is 0 Å². The zero-order chi connectivity index (χ0) is 17.7. The van der Waals surface area contributed by atoms with Gasteiger partial charge in [-0.1, -0.05) is 48.5 Å². The number of carbonyl (C=O) groups is 1. The van der Waals surface area contributed by atoms with Crippen molar-refractivity contribution < 1.29 is 13.2 Å². The van der Waals surface area contributed by atoms with E-state index in [0.717, 1.165) is 11.3 Å². The van der Waals surface area contributed by atoms with E-state index in [2.05, 4.69) is 5.32 Å². The van der Waals surface area contributed by atoms with Gasteiger partial charge in [0, 0.05) is 24.7 Å². The topological polar surface area (TPSA) is 66.5 Å². The molecule has 1 aliphatic rings. The lowest BCUT2D eigenvalue weighted by atomic mass is 9.97. The Labute approximate surface area is 148 Å². The molecule has 0 aliphatic carbocycles. The highest BCUT2D eigenvalue weighted by molar-refractivity contribution is 7.88. The van der Waals surface area contributed by atoms with Crippen LogP contribution in [0.3, 0.4) is 0 Å². The minimum Gasteiger partial charge on any atom is -0.326 e. The van der Waals surface area contributed by atoms with Gasteiger partial charge in [0.1, 0.15) is 0 Å². The number of anilines is 1. The van der Waals surface area contributed by atoms with Crippen molar-refractivity contribution in [1.82, 2.24) is 4.31 Å². The maximum atomic E-state index is 12.5. The molecule has 0 aromatic heterocycles. The van der Waals surface area contributed by atoms with Gasteiger partial charge in [0.15, 0.2) is 0 Å². The number of sulfonamides is 1. The number of piperidine rings is 1. The van der Waals surface area contributed by atoms with E-state index in [0.29, 0.717) is 25.9 Å². The van der Waals surface area contributed by atoms with Crippen LogP contribution in [0.1, 0.15) is 18.4 Å². The predicted molar refractivity (Wildman–Crippen MR) is 98.4 cm³/mol. The van der Waals surface area contributed by atoms with E-state index < -0.39 is 10.0 Å². The van der Waals surface area contributed by atoms with Crippen molar-refractivity contribution >= 4 is 21.6 Å². The van der Waals surface area contributed by atoms with Gasteiger partial charge in [-0.25, -0.2) is 12.7 Å². The Morgan fingerprint density at radius 2 is 1.52 bits per heavy atom. The second-order valence-corrected chi connectivity index (χ2v) is 8.24. The number of hydrogen-bond acceptors (Lipinski definition) is 3. The molecule has 1 amide bonds. The molecule has 2 aromatic carbocycles. The third-order valence-electron chi connectivity index (χ3n) is 4.45. The minimum absolute atomic E-state index is 0.00865. The standard InChI is InChI=1S/C19H22N2O3S/c22-19(20-18-9-5-2-6-10-18)17-11-13-21(14-12-17)25(23,24)15-16-7-3-1-4-8-16/h1-10,17H,11-15H2,(H,20,22). The lowest BCUT2D eigenvalue weighted by Gasteiger charge is -2.30. The first-order valence-electron chi connectivity index (χ1n) is 8.42. The molecule has 1 saturated heterocycles. The second-order valence-electron chi connectivity index (χ2n) is 6.27. The Kier molecular flexibility index (Phi) is 5.50. The molecule has 1 aliphatic heterocycles. The molecule has 132 valence electrons. The van der Waals surface area contributed by atoms with Gasteiger partial charge in [-0.05, 0) is 30.5 Å². The normalized spacial score (nSPS) is 16.5. The molecule has 0 saturated carbocycles. The Balaban J connectivity index is 1.55. The smallest absolute Gasteiger partial charge is 0.227 e. The molecule has 3 rings (SSSR count). The summed E-state index contributed by atoms with van der Waals surface area (Å²) in [4.78, 5) is 12.3. The minimum atomic E-state index is -3.34. The first-order chi connectivity index (χ1) is 12.0. The number of nitrogens with zero attached hydrogens (tertiary/aromatic N) is 1. The number of hydrogen-bond donors (Lipinski definition) is 1. The van der Waals surface area contributed by atoms with Crippen LogP contribution in [0.15, 0.2) is 60.7 Å². The average molecular weight is 358 g/mol. The van der Waals surface area contributed by atoms with Crippen LogP contribution in [-0.2, 0) is 20.6 Å². The van der Waals surface area contributed by atoms with Gasteiger partial charge in [-0.15, -0.1) is 0 Å². The first-order valence-corrected chi connectivity index (χ1v) is 10.0. The summed E-state index contributed by atoms with van der Waals surface area (Å²) in [6, 6.07) is 18.5. The van der Waals surface area contributed by atoms with E-state index in [-0.39, 0.29) is 17.6 Å². The fourth-order valence-corrected chi connectivity index (χ4v) is 4.60. The molecule has 1 heterocycles. The van der Waals surface area contributed by atoms with Crippen LogP contribution in [0, 0.1) is 5.92 Å². The largest absolute Gasteiger partial charge is 0.326 e. The van der Waals surface area contributed by atoms with Gasteiger partial charge in [0.2, 0.25) is 15.9 Å². The van der Waals surface area contributed by atoms with Crippen molar-refractivity contribution in [2.75, 3.05) is 18.4 Å². The molecule has 0 atom stereocenters. The highest BCUT2D eigenvalue weighted by Crippen LogP contribution is 2.23. The van der Waals surface area contributed by atoms with Crippen molar-refractivity contribution in [3.8, 4) is 0 Å². The van der Waals surface area contributed by atoms with Crippen LogP contribution < -0.4 is 5.32 Å². The van der Waals surface area contributed by atoms with Gasteiger partial charge in [-0.2, -0.15) is 0 Å². The van der Waals surface area contributed by atoms with Crippen molar-refractivity contribution in [3.05, 3.63) is 66.2 Å². The Hall–Kier alpha value is -2.18. The zero-order valence-electron chi connectivity index (χ0n) is 14.0. The molecule has 2 aromatic rings. The highest BCUT2D eigenvalue weighted by atomic mass is 32.2. The number of rotatable bonds is 5. The van der Waals surface area contributed by atoms with Gasteiger partial charge in [0.05, 0.1) is 5.75 Å². The molecule has 1 N–H and O–H groups in total. The molecule has 0 unspecified atom stereocenters. The van der Waals surface area contributed by atoms with E-state index in [1.54, 1.807) is 0 Å². The van der Waals surface area contributed by atoms with Crippen LogP contribution in [0.5, 0.6) is 0 Å². The van der Waals surface area contributed by atoms with Crippen molar-refractivity contribution in [1.29, 1.82) is 0 Å². The second kappa shape index (κ2) is 7.80. The van der Waals surface area contributed by atoms with E-state index >= 15 is 0 Å². The van der Waals surface area contributed by atoms with Crippen LogP contribution >= 0.6 is 0 Å². The fraction of sp³-hybridized carbons (Fsp3) is 0.316. The van der Waals surface area contributed by atoms with Gasteiger partial charge < -0.3 is 5.32 Å². The van der Waals surface area contributed by atoms with E-state index in [9.17, 15) is 13.2 Å². The lowest BCUT2D eigenvalue weighted by Crippen LogP contribution is -2.41. The number of para-hydroxylation sites is 1. The molecule has 0 radical (unpaired) electrons. The Morgan fingerprint density at radius 3 is 2.12 bits per heavy atom. The molecule has 0 spiro atoms. The summed E-state index contributed by atoms with van der Waals surface area (Å²) >= 11 is 0. The molecule has 0 bridgehead atoms. The first kappa shape index (κ1) is 17.6. The SMILES string of the molecule is O=C(Nc1ccccc1)C1CCN(S(=O)(=O)Cc2ccccc2)CC1. The zero-order valence-corrected chi connectivity index (χ0v) is 14.8. The predicted octanol–water partition coefficient (Wildman–Crippen LogP) is 2.87. The third-order valence-corrected chi connectivity index (χ3v) is 6.30. The Bertz CT molecular complexity index is 799. The molecular weight excluding hydrogens is 336 g/mol. The number of carbonyl (C=O) groups excluding carboxylic acids is 1. The van der Waals surface area contributed by atoms with Crippen LogP contribution in [0.4, 0.5) is 5.69 Å². The van der Waals surface area contributed by atoms with E-state index in [1.165, 1.54) is 4.31 Å². The average Bonchev–Trinajstić information content (AvgIpc) is 2.63. The van der Waals surface area contributed by atoms with Gasteiger partial charge >= 0.3 is 0 Å². The summed E-state index contributed by atoms with van der Waals surface area (Å²) in [5.41, 5.74) is 1.55. The van der Waals surface area contributed by atoms with Crippen molar-refractivity contribution in [3.63, 3.8) is 0 Å². The summed E-state index contributed by atoms with van der Waals surface area (Å²) in [7, 11) is -3.34. The van der Waals surface area contributed by atoms with Gasteiger partial charge in [-0.3, -0.25) is 4.79 Å². The van der Waals surface area contributed by atoms with Gasteiger partial charge in [0.25, 0.3) is 0 Å². The number of nitrogens with one attached hydrogen (secondary N) is 1. The maximum absolute atomic E-state index is 12.5. The van der Waals surface area contributed by atoms with Crippen molar-refractivity contribution in [2.24, 2.45) is 5.92 Å². The lowest BCUT2D eigenvalue weighted by molar-refractivity contribution is -0.120. The molecule has 5 nitrogen and oxygen atoms in total. The summed E-state index contributed by atoms with van der Waals surface area (Å²) in [6.45, 7) is 0.782. The Morgan fingerprint density at radius 1 is 0.960 bits per heavy atom. The summed E-state index contributed by atoms with van der Waals surface area (Å²) < 4.78 is 26.6. The van der Waals surface area contributed by atoms with E-state index in [1.807, 2.05) is 60.7 Å². The monoisotopic (exact) mass is 358 g/mol. The molecule has 25 heavy (non-hydrogen) atoms. The quantitative estimate of drug-likeness (QED) is 0.894.